The number of carbonyl (C=O) groups is 2. The number of anilines is 2. The third-order valence-corrected chi connectivity index (χ3v) is 16.9. The van der Waals surface area contributed by atoms with Crippen molar-refractivity contribution >= 4 is 23.2 Å². The molecule has 11 rings (SSSR count). The zero-order chi connectivity index (χ0) is 58.2. The molecule has 8 aromatic carbocycles. The van der Waals surface area contributed by atoms with E-state index >= 15 is 0 Å². The molecule has 3 aliphatic carbocycles. The summed E-state index contributed by atoms with van der Waals surface area (Å²) in [6.45, 7) is 25.7. The van der Waals surface area contributed by atoms with Crippen molar-refractivity contribution in [1.29, 1.82) is 0 Å². The number of phenols is 2. The Morgan fingerprint density at radius 3 is 0.927 bits per heavy atom. The third kappa shape index (κ3) is 11.4. The highest BCUT2D eigenvalue weighted by molar-refractivity contribution is 5.94. The van der Waals surface area contributed by atoms with Gasteiger partial charge in [-0.1, -0.05) is 192 Å². The Kier molecular flexibility index (Phi) is 14.3. The molecule has 0 spiro atoms. The molecular formula is C74H78N2O6. The predicted molar refractivity (Wildman–Crippen MR) is 333 cm³/mol. The van der Waals surface area contributed by atoms with E-state index in [9.17, 15) is 19.8 Å². The molecule has 0 atom stereocenters. The normalized spacial score (nSPS) is 13.6. The number of phenolic OH excluding ortho intramolecular Hbond substituents is 2. The van der Waals surface area contributed by atoms with Gasteiger partial charge in [0.2, 0.25) is 0 Å². The molecule has 8 bridgehead atoms. The van der Waals surface area contributed by atoms with Crippen LogP contribution in [0.15, 0.2) is 133 Å². The first-order valence-electron chi connectivity index (χ1n) is 29.0. The van der Waals surface area contributed by atoms with Crippen LogP contribution in [0.2, 0.25) is 0 Å². The molecule has 8 aromatic rings. The number of fused-ring (bicyclic) bond motifs is 14. The van der Waals surface area contributed by atoms with Gasteiger partial charge in [0.05, 0.1) is 0 Å². The second kappa shape index (κ2) is 21.0. The molecule has 0 heterocycles. The number of amides is 2. The van der Waals surface area contributed by atoms with E-state index in [-0.39, 0.29) is 83.9 Å². The summed E-state index contributed by atoms with van der Waals surface area (Å²) >= 11 is 0. The minimum atomic E-state index is -0.310. The van der Waals surface area contributed by atoms with Crippen LogP contribution < -0.4 is 20.1 Å². The van der Waals surface area contributed by atoms with Gasteiger partial charge in [-0.25, -0.2) is 0 Å². The van der Waals surface area contributed by atoms with Crippen molar-refractivity contribution in [1.82, 2.24) is 0 Å². The van der Waals surface area contributed by atoms with E-state index in [2.05, 4.69) is 215 Å². The van der Waals surface area contributed by atoms with Crippen LogP contribution in [0.25, 0.3) is 22.3 Å². The fraction of sp³-hybridized carbons (Fsp3) is 0.324. The van der Waals surface area contributed by atoms with Gasteiger partial charge < -0.3 is 30.3 Å². The molecule has 8 heteroatoms. The van der Waals surface area contributed by atoms with Crippen LogP contribution in [0.5, 0.6) is 23.0 Å². The van der Waals surface area contributed by atoms with Gasteiger partial charge in [0, 0.05) is 37.1 Å². The molecule has 0 aliphatic heterocycles. The fourth-order valence-electron chi connectivity index (χ4n) is 12.1. The third-order valence-electron chi connectivity index (χ3n) is 16.9. The number of rotatable bonds is 8. The number of benzene rings is 8. The van der Waals surface area contributed by atoms with E-state index in [1.54, 1.807) is 0 Å². The molecule has 4 N–H and O–H groups in total. The minimum absolute atomic E-state index is 0.160. The van der Waals surface area contributed by atoms with Gasteiger partial charge in [0.15, 0.2) is 13.2 Å². The molecule has 8 nitrogen and oxygen atoms in total. The van der Waals surface area contributed by atoms with Crippen LogP contribution >= 0.6 is 0 Å². The first kappa shape index (κ1) is 55.8. The molecule has 0 radical (unpaired) electrons. The van der Waals surface area contributed by atoms with E-state index in [0.29, 0.717) is 45.1 Å². The fourth-order valence-corrected chi connectivity index (χ4v) is 12.1. The van der Waals surface area contributed by atoms with Crippen molar-refractivity contribution in [2.75, 3.05) is 23.8 Å². The topological polar surface area (TPSA) is 117 Å². The van der Waals surface area contributed by atoms with E-state index in [1.165, 1.54) is 44.5 Å². The molecule has 0 aromatic heterocycles. The Labute approximate surface area is 485 Å². The van der Waals surface area contributed by atoms with Gasteiger partial charge in [-0.15, -0.1) is 0 Å². The monoisotopic (exact) mass is 1090 g/mol. The number of ether oxygens (including phenoxy) is 2. The maximum atomic E-state index is 14.2. The van der Waals surface area contributed by atoms with E-state index in [0.717, 1.165) is 57.3 Å². The molecule has 420 valence electrons. The number of nitrogens with one attached hydrogen (secondary N) is 2. The first-order chi connectivity index (χ1) is 38.7. The molecule has 0 saturated carbocycles. The van der Waals surface area contributed by atoms with Crippen LogP contribution in [-0.4, -0.2) is 35.2 Å². The highest BCUT2D eigenvalue weighted by atomic mass is 16.5. The molecule has 2 amide bonds. The molecule has 82 heavy (non-hydrogen) atoms. The highest BCUT2D eigenvalue weighted by Crippen LogP contribution is 2.45. The summed E-state index contributed by atoms with van der Waals surface area (Å²) in [5.41, 5.74) is 20.2. The predicted octanol–water partition coefficient (Wildman–Crippen LogP) is 16.1. The summed E-state index contributed by atoms with van der Waals surface area (Å²) < 4.78 is 13.7. The average molecular weight is 1090 g/mol. The van der Waals surface area contributed by atoms with Crippen LogP contribution in [0.3, 0.4) is 0 Å². The lowest BCUT2D eigenvalue weighted by atomic mass is 9.79. The smallest absolute Gasteiger partial charge is 0.262 e. The summed E-state index contributed by atoms with van der Waals surface area (Å²) in [5, 5.41) is 32.0. The van der Waals surface area contributed by atoms with Gasteiger partial charge in [0.25, 0.3) is 11.8 Å². The SMILES string of the molecule is CC(C)(C)c1cc2c(O)c(c1)Cc1cc(C(C)(C)C)cc(c1OCC(=O)Nc1ccc3c(c1)Cc1ccccc1-3)Cc1cc(C(C)(C)C)cc(c1O)Cc1cc(C(C)(C)C)cc(c1OCC(=O)Nc1ccc3c(c1)Cc1ccccc1-3)C2. The minimum Gasteiger partial charge on any atom is -0.507 e. The van der Waals surface area contributed by atoms with Crippen LogP contribution in [0.4, 0.5) is 11.4 Å². The maximum absolute atomic E-state index is 14.2. The lowest BCUT2D eigenvalue weighted by Crippen LogP contribution is -2.22. The van der Waals surface area contributed by atoms with Crippen LogP contribution in [-0.2, 0) is 69.8 Å². The zero-order valence-corrected chi connectivity index (χ0v) is 49.9. The zero-order valence-electron chi connectivity index (χ0n) is 49.9. The standard InChI is InChI=1S/C74H78N2O6/c1-71(2,3)55-31-47-27-51-35-57(73(7,8)9)37-53(69(51)81-41-65(77)75-59-21-23-63-45(39-59)25-43-17-13-15-19-61(43)63)29-49-33-56(72(4,5)6)34-50(68(49)80)30-54-38-58(74(10,11)12)36-52(28-48(32-55)67(47)79)70(54)82-42-66(78)76-60-22-24-64-46(40-60)26-44-18-14-16-20-62(44)64/h13-24,31-40,79-80H,25-30,41-42H2,1-12H3,(H,75,77)(H,76,78). The average Bonchev–Trinajstić information content (AvgIpc) is 4.01. The van der Waals surface area contributed by atoms with Crippen LogP contribution in [0.1, 0.15) is 172 Å². The Hall–Kier alpha value is -8.10. The van der Waals surface area contributed by atoms with Crippen molar-refractivity contribution in [3.63, 3.8) is 0 Å². The molecule has 0 fully saturated rings. The van der Waals surface area contributed by atoms with Gasteiger partial charge in [-0.3, -0.25) is 9.59 Å². The van der Waals surface area contributed by atoms with Crippen LogP contribution in [0, 0.1) is 0 Å². The Morgan fingerprint density at radius 2 is 0.622 bits per heavy atom. The second-order valence-electron chi connectivity index (χ2n) is 27.3. The summed E-state index contributed by atoms with van der Waals surface area (Å²) in [6, 6.07) is 46.1. The highest BCUT2D eigenvalue weighted by Gasteiger charge is 2.30. The summed E-state index contributed by atoms with van der Waals surface area (Å²) in [5.74, 6) is 0.817. The lowest BCUT2D eigenvalue weighted by Gasteiger charge is -2.28. The molecular weight excluding hydrogens is 1010 g/mol. The van der Waals surface area contributed by atoms with Crippen molar-refractivity contribution in [3.8, 4) is 45.3 Å². The maximum Gasteiger partial charge on any atom is 0.262 e. The first-order valence-corrected chi connectivity index (χ1v) is 29.0. The summed E-state index contributed by atoms with van der Waals surface area (Å²) in [4.78, 5) is 28.4. The van der Waals surface area contributed by atoms with Gasteiger partial charge >= 0.3 is 0 Å². The molecule has 0 saturated heterocycles. The summed E-state index contributed by atoms with van der Waals surface area (Å²) in [7, 11) is 0. The second-order valence-corrected chi connectivity index (χ2v) is 27.3. The van der Waals surface area contributed by atoms with Crippen molar-refractivity contribution in [2.45, 2.75) is 143 Å². The lowest BCUT2D eigenvalue weighted by molar-refractivity contribution is -0.118. The number of hydrogen-bond donors (Lipinski definition) is 4. The molecule has 0 unspecified atom stereocenters. The quantitative estimate of drug-likeness (QED) is 0.120. The Balaban J connectivity index is 1.02. The van der Waals surface area contributed by atoms with Crippen molar-refractivity contribution in [3.05, 3.63) is 222 Å². The van der Waals surface area contributed by atoms with Crippen molar-refractivity contribution < 1.29 is 29.3 Å². The Morgan fingerprint density at radius 1 is 0.354 bits per heavy atom. The molecule has 3 aliphatic rings. The number of aromatic hydroxyl groups is 2. The Bertz CT molecular complexity index is 3520. The largest absolute Gasteiger partial charge is 0.507 e. The number of carbonyl (C=O) groups excluding carboxylic acids is 2. The van der Waals surface area contributed by atoms with Gasteiger partial charge in [0.1, 0.15) is 23.0 Å². The van der Waals surface area contributed by atoms with E-state index < -0.39 is 0 Å². The summed E-state index contributed by atoms with van der Waals surface area (Å²) in [6.07, 6.45) is 2.75. The van der Waals surface area contributed by atoms with Gasteiger partial charge in [-0.2, -0.15) is 0 Å². The van der Waals surface area contributed by atoms with E-state index in [4.69, 9.17) is 9.47 Å². The number of hydrogen-bond acceptors (Lipinski definition) is 6. The van der Waals surface area contributed by atoms with E-state index in [1.807, 2.05) is 12.1 Å². The van der Waals surface area contributed by atoms with Crippen molar-refractivity contribution in [2.24, 2.45) is 0 Å². The van der Waals surface area contributed by atoms with Gasteiger partial charge in [-0.05, 0) is 170 Å².